The van der Waals surface area contributed by atoms with Crippen molar-refractivity contribution in [3.05, 3.63) is 77.6 Å². The average molecular weight is 654 g/mol. The second-order valence-electron chi connectivity index (χ2n) is 10.9. The van der Waals surface area contributed by atoms with Crippen LogP contribution in [0.5, 0.6) is 11.5 Å². The van der Waals surface area contributed by atoms with E-state index in [2.05, 4.69) is 15.1 Å². The van der Waals surface area contributed by atoms with E-state index >= 15 is 0 Å². The summed E-state index contributed by atoms with van der Waals surface area (Å²) in [7, 11) is 1.52. The van der Waals surface area contributed by atoms with Crippen molar-refractivity contribution in [2.75, 3.05) is 68.1 Å². The summed E-state index contributed by atoms with van der Waals surface area (Å²) < 4.78 is 24.1. The molecular formula is C33H37ClFN5O4S. The van der Waals surface area contributed by atoms with E-state index in [0.29, 0.717) is 46.2 Å². The van der Waals surface area contributed by atoms with Crippen LogP contribution in [0.4, 0.5) is 21.5 Å². The van der Waals surface area contributed by atoms with Crippen LogP contribution in [0.15, 0.2) is 66.7 Å². The van der Waals surface area contributed by atoms with Crippen LogP contribution in [-0.4, -0.2) is 85.8 Å². The lowest BCUT2D eigenvalue weighted by atomic mass is 10.1. The van der Waals surface area contributed by atoms with E-state index in [1.165, 1.54) is 24.1 Å². The first-order chi connectivity index (χ1) is 21.8. The molecular weight excluding hydrogens is 617 g/mol. The number of carbonyl (C=O) groups excluding carboxylic acids is 2. The van der Waals surface area contributed by atoms with Crippen molar-refractivity contribution in [2.24, 2.45) is 0 Å². The first-order valence-corrected chi connectivity index (χ1v) is 15.8. The number of hydrogen-bond acceptors (Lipinski definition) is 7. The predicted molar refractivity (Wildman–Crippen MR) is 179 cm³/mol. The van der Waals surface area contributed by atoms with Crippen LogP contribution in [0.3, 0.4) is 0 Å². The molecule has 1 atom stereocenters. The van der Waals surface area contributed by atoms with E-state index in [1.54, 1.807) is 42.5 Å². The minimum Gasteiger partial charge on any atom is -0.495 e. The fraction of sp³-hybridized carbons (Fsp3) is 0.364. The number of carbonyl (C=O) groups is 2. The Hall–Kier alpha value is -3.93. The average Bonchev–Trinajstić information content (AvgIpc) is 3.26. The third kappa shape index (κ3) is 7.84. The summed E-state index contributed by atoms with van der Waals surface area (Å²) in [5.74, 6) is 0.383. The van der Waals surface area contributed by atoms with Gasteiger partial charge in [-0.2, -0.15) is 0 Å². The third-order valence-electron chi connectivity index (χ3n) is 7.98. The molecule has 0 bridgehead atoms. The fourth-order valence-corrected chi connectivity index (χ4v) is 6.32. The van der Waals surface area contributed by atoms with Crippen LogP contribution in [0, 0.1) is 5.82 Å². The number of nitrogens with one attached hydrogen (secondary N) is 1. The molecule has 0 aliphatic carbocycles. The van der Waals surface area contributed by atoms with Gasteiger partial charge >= 0.3 is 0 Å². The lowest BCUT2D eigenvalue weighted by Crippen LogP contribution is -2.47. The van der Waals surface area contributed by atoms with E-state index in [4.69, 9.17) is 33.3 Å². The van der Waals surface area contributed by atoms with Crippen molar-refractivity contribution in [2.45, 2.75) is 25.8 Å². The molecule has 2 amide bonds. The SMILES string of the molecule is CCOc1ccc(NC(=O)C[C@@H]2C(=O)N(c3ccc(OC)c(Cl)c3)C(=S)N2CCCN2CCN(c3ccc(F)cc3)CC2)cc1. The Morgan fingerprint density at radius 2 is 1.69 bits per heavy atom. The Bertz CT molecular complexity index is 1500. The van der Waals surface area contributed by atoms with Gasteiger partial charge in [0, 0.05) is 44.1 Å². The second kappa shape index (κ2) is 14.9. The Balaban J connectivity index is 1.24. The van der Waals surface area contributed by atoms with Gasteiger partial charge in [-0.25, -0.2) is 4.39 Å². The van der Waals surface area contributed by atoms with Gasteiger partial charge in [-0.05, 0) is 98.8 Å². The Labute approximate surface area is 273 Å². The van der Waals surface area contributed by atoms with Gasteiger partial charge in [0.15, 0.2) is 5.11 Å². The Morgan fingerprint density at radius 1 is 1.00 bits per heavy atom. The molecule has 0 unspecified atom stereocenters. The highest BCUT2D eigenvalue weighted by atomic mass is 35.5. The van der Waals surface area contributed by atoms with Gasteiger partial charge in [-0.15, -0.1) is 0 Å². The molecule has 2 fully saturated rings. The number of rotatable bonds is 12. The maximum absolute atomic E-state index is 13.8. The zero-order valence-electron chi connectivity index (χ0n) is 25.4. The van der Waals surface area contributed by atoms with Gasteiger partial charge in [-0.1, -0.05) is 11.6 Å². The number of halogens is 2. The third-order valence-corrected chi connectivity index (χ3v) is 8.69. The maximum atomic E-state index is 13.8. The van der Waals surface area contributed by atoms with E-state index < -0.39 is 6.04 Å². The van der Waals surface area contributed by atoms with Gasteiger partial charge in [0.05, 0.1) is 30.8 Å². The summed E-state index contributed by atoms with van der Waals surface area (Å²) >= 11 is 12.2. The highest BCUT2D eigenvalue weighted by molar-refractivity contribution is 7.80. The summed E-state index contributed by atoms with van der Waals surface area (Å²) in [4.78, 5) is 35.0. The number of thiocarbonyl (C=S) groups is 1. The molecule has 5 rings (SSSR count). The van der Waals surface area contributed by atoms with Crippen LogP contribution in [0.2, 0.25) is 5.02 Å². The molecule has 2 saturated heterocycles. The van der Waals surface area contributed by atoms with Crippen LogP contribution in [-0.2, 0) is 9.59 Å². The molecule has 0 radical (unpaired) electrons. The van der Waals surface area contributed by atoms with Crippen LogP contribution >= 0.6 is 23.8 Å². The zero-order chi connectivity index (χ0) is 31.9. The van der Waals surface area contributed by atoms with Crippen LogP contribution in [0.1, 0.15) is 19.8 Å². The lowest BCUT2D eigenvalue weighted by molar-refractivity contribution is -0.124. The Morgan fingerprint density at radius 3 is 2.33 bits per heavy atom. The highest BCUT2D eigenvalue weighted by Gasteiger charge is 2.44. The lowest BCUT2D eigenvalue weighted by Gasteiger charge is -2.36. The van der Waals surface area contributed by atoms with Gasteiger partial charge < -0.3 is 24.6 Å². The van der Waals surface area contributed by atoms with Crippen molar-refractivity contribution in [1.29, 1.82) is 0 Å². The standard InChI is InChI=1S/C33H37ClFN5O4S/c1-3-44-27-12-7-24(8-13-27)36-31(41)22-29-32(42)40(26-11-14-30(43-2)28(34)21-26)33(45)39(29)16-4-15-37-17-19-38(20-18-37)25-9-5-23(35)6-10-25/h5-14,21,29H,3-4,15-20,22H2,1-2H3,(H,36,41)/t29-/m1/s1. The molecule has 0 saturated carbocycles. The molecule has 12 heteroatoms. The smallest absolute Gasteiger partial charge is 0.256 e. The maximum Gasteiger partial charge on any atom is 0.256 e. The topological polar surface area (TPSA) is 77.6 Å². The van der Waals surface area contributed by atoms with Gasteiger partial charge in [0.25, 0.3) is 5.91 Å². The molecule has 2 aliphatic rings. The van der Waals surface area contributed by atoms with Crippen molar-refractivity contribution in [1.82, 2.24) is 9.80 Å². The number of methoxy groups -OCH3 is 1. The van der Waals surface area contributed by atoms with Gasteiger partial charge in [-0.3, -0.25) is 19.4 Å². The molecule has 238 valence electrons. The molecule has 0 spiro atoms. The summed E-state index contributed by atoms with van der Waals surface area (Å²) in [6, 6.07) is 18.0. The van der Waals surface area contributed by atoms with Crippen molar-refractivity contribution < 1.29 is 23.5 Å². The number of hydrogen-bond donors (Lipinski definition) is 1. The molecule has 2 heterocycles. The normalized spacial score (nSPS) is 17.2. The van der Waals surface area contributed by atoms with Crippen molar-refractivity contribution in [3.8, 4) is 11.5 Å². The molecule has 1 N–H and O–H groups in total. The van der Waals surface area contributed by atoms with E-state index in [0.717, 1.165) is 44.8 Å². The fourth-order valence-electron chi connectivity index (χ4n) is 5.65. The van der Waals surface area contributed by atoms with Gasteiger partial charge in [0.2, 0.25) is 5.91 Å². The minimum atomic E-state index is -0.767. The molecule has 3 aromatic carbocycles. The number of amides is 2. The minimum absolute atomic E-state index is 0.0666. The molecule has 0 aromatic heterocycles. The number of ether oxygens (including phenoxy) is 2. The van der Waals surface area contributed by atoms with E-state index in [-0.39, 0.29) is 24.1 Å². The van der Waals surface area contributed by atoms with Crippen molar-refractivity contribution >= 4 is 57.8 Å². The van der Waals surface area contributed by atoms with E-state index in [1.807, 2.05) is 24.0 Å². The van der Waals surface area contributed by atoms with Crippen molar-refractivity contribution in [3.63, 3.8) is 0 Å². The highest BCUT2D eigenvalue weighted by Crippen LogP contribution is 2.33. The number of anilines is 3. The first kappa shape index (κ1) is 32.5. The van der Waals surface area contributed by atoms with Gasteiger partial charge in [0.1, 0.15) is 23.4 Å². The molecule has 45 heavy (non-hydrogen) atoms. The zero-order valence-corrected chi connectivity index (χ0v) is 27.0. The molecule has 3 aromatic rings. The summed E-state index contributed by atoms with van der Waals surface area (Å²) in [5.41, 5.74) is 2.15. The monoisotopic (exact) mass is 653 g/mol. The second-order valence-corrected chi connectivity index (χ2v) is 11.6. The quantitative estimate of drug-likeness (QED) is 0.260. The molecule has 9 nitrogen and oxygen atoms in total. The number of nitrogens with zero attached hydrogens (tertiary/aromatic N) is 4. The van der Waals surface area contributed by atoms with E-state index in [9.17, 15) is 14.0 Å². The summed E-state index contributed by atoms with van der Waals surface area (Å²) in [6.07, 6.45) is 0.682. The van der Waals surface area contributed by atoms with Crippen LogP contribution < -0.4 is 24.6 Å². The summed E-state index contributed by atoms with van der Waals surface area (Å²) in [6.45, 7) is 7.18. The molecule has 2 aliphatic heterocycles. The summed E-state index contributed by atoms with van der Waals surface area (Å²) in [5, 5.41) is 3.58. The number of benzene rings is 3. The largest absolute Gasteiger partial charge is 0.495 e. The number of piperazine rings is 1. The Kier molecular flexibility index (Phi) is 10.7. The predicted octanol–water partition coefficient (Wildman–Crippen LogP) is 5.43. The van der Waals surface area contributed by atoms with Crippen LogP contribution in [0.25, 0.3) is 0 Å². The first-order valence-electron chi connectivity index (χ1n) is 15.0.